The maximum Gasteiger partial charge on any atom is 0.425 e. The van der Waals surface area contributed by atoms with Gasteiger partial charge in [-0.1, -0.05) is 29.8 Å². The van der Waals surface area contributed by atoms with E-state index in [1.807, 2.05) is 0 Å². The van der Waals surface area contributed by atoms with Gasteiger partial charge in [-0.3, -0.25) is 0 Å². The molecule has 1 aliphatic rings. The molecule has 0 bridgehead atoms. The highest BCUT2D eigenvalue weighted by Gasteiger charge is 2.62. The monoisotopic (exact) mass is 501 g/mol. The van der Waals surface area contributed by atoms with Crippen molar-refractivity contribution in [1.29, 1.82) is 0 Å². The molecule has 35 heavy (non-hydrogen) atoms. The van der Waals surface area contributed by atoms with Crippen molar-refractivity contribution >= 4 is 34.3 Å². The van der Waals surface area contributed by atoms with Crippen molar-refractivity contribution < 1.29 is 27.4 Å². The number of nitrogens with one attached hydrogen (secondary N) is 1. The van der Waals surface area contributed by atoms with Crippen LogP contribution in [-0.2, 0) is 4.87 Å². The average molecular weight is 502 g/mol. The van der Waals surface area contributed by atoms with Crippen molar-refractivity contribution in [2.45, 2.75) is 18.0 Å². The van der Waals surface area contributed by atoms with Gasteiger partial charge in [0.2, 0.25) is 4.87 Å². The fraction of sp³-hybridized carbons (Fsp3) is 0.200. The summed E-state index contributed by atoms with van der Waals surface area (Å²) in [5.41, 5.74) is 1.39. The molecule has 0 unspecified atom stereocenters. The van der Waals surface area contributed by atoms with E-state index in [9.17, 15) is 18.0 Å². The van der Waals surface area contributed by atoms with Gasteiger partial charge in [0.25, 0.3) is 0 Å². The van der Waals surface area contributed by atoms with E-state index in [4.69, 9.17) is 9.47 Å². The van der Waals surface area contributed by atoms with Gasteiger partial charge in [-0.05, 0) is 72.8 Å². The van der Waals surface area contributed by atoms with Crippen molar-refractivity contribution in [2.75, 3.05) is 19.1 Å². The second kappa shape index (κ2) is 9.53. The molecule has 0 radical (unpaired) electrons. The number of hydrogen-bond donors (Lipinski definition) is 1. The summed E-state index contributed by atoms with van der Waals surface area (Å²) in [6.45, 7) is 1.78. The number of amidine groups is 1. The molecule has 0 saturated carbocycles. The number of benzene rings is 3. The van der Waals surface area contributed by atoms with E-state index in [1.54, 1.807) is 67.6 Å². The molecule has 1 heterocycles. The van der Waals surface area contributed by atoms with Crippen molar-refractivity contribution in [3.05, 3.63) is 83.9 Å². The third-order valence-electron chi connectivity index (χ3n) is 5.41. The fourth-order valence-corrected chi connectivity index (χ4v) is 4.72. The van der Waals surface area contributed by atoms with Crippen molar-refractivity contribution in [3.63, 3.8) is 0 Å². The zero-order valence-corrected chi connectivity index (χ0v) is 19.9. The Morgan fingerprint density at radius 3 is 1.94 bits per heavy atom. The number of aliphatic imine (C=N–C) groups is 1. The van der Waals surface area contributed by atoms with Crippen molar-refractivity contribution in [3.8, 4) is 11.5 Å². The largest absolute Gasteiger partial charge is 0.497 e. The molecule has 1 fully saturated rings. The van der Waals surface area contributed by atoms with Crippen molar-refractivity contribution in [2.24, 2.45) is 4.99 Å². The van der Waals surface area contributed by atoms with Gasteiger partial charge in [-0.25, -0.2) is 14.7 Å². The smallest absolute Gasteiger partial charge is 0.425 e. The predicted molar refractivity (Wildman–Crippen MR) is 131 cm³/mol. The molecule has 3 aromatic rings. The number of urea groups is 1. The van der Waals surface area contributed by atoms with Crippen LogP contribution in [0.5, 0.6) is 11.5 Å². The minimum absolute atomic E-state index is 0.106. The van der Waals surface area contributed by atoms with Gasteiger partial charge in [0.05, 0.1) is 25.6 Å². The molecule has 0 spiro atoms. The third-order valence-corrected chi connectivity index (χ3v) is 6.74. The number of methoxy groups -OCH3 is 2. The second-order valence-electron chi connectivity index (χ2n) is 7.70. The number of ether oxygens (including phenoxy) is 2. The molecule has 182 valence electrons. The summed E-state index contributed by atoms with van der Waals surface area (Å²) in [6.07, 6.45) is -4.82. The molecular weight excluding hydrogens is 479 g/mol. The highest BCUT2D eigenvalue weighted by atomic mass is 32.2. The Morgan fingerprint density at radius 2 is 1.43 bits per heavy atom. The fourth-order valence-electron chi connectivity index (χ4n) is 3.51. The van der Waals surface area contributed by atoms with Gasteiger partial charge < -0.3 is 14.8 Å². The number of amides is 2. The van der Waals surface area contributed by atoms with Crippen LogP contribution >= 0.6 is 11.8 Å². The first-order valence-electron chi connectivity index (χ1n) is 10.5. The van der Waals surface area contributed by atoms with E-state index < -0.39 is 17.1 Å². The van der Waals surface area contributed by atoms with Crippen LogP contribution in [0.2, 0.25) is 0 Å². The molecule has 1 atom stereocenters. The predicted octanol–water partition coefficient (Wildman–Crippen LogP) is 6.38. The lowest BCUT2D eigenvalue weighted by molar-refractivity contribution is -0.167. The summed E-state index contributed by atoms with van der Waals surface area (Å²) in [6, 6.07) is 17.8. The van der Waals surface area contributed by atoms with Gasteiger partial charge in [-0.2, -0.15) is 13.2 Å². The number of hydrogen-bond acceptors (Lipinski definition) is 5. The maximum atomic E-state index is 14.7. The number of anilines is 1. The topological polar surface area (TPSA) is 63.2 Å². The Labute approximate surface area is 204 Å². The van der Waals surface area contributed by atoms with Crippen LogP contribution in [0.25, 0.3) is 0 Å². The number of rotatable bonds is 5. The molecule has 4 rings (SSSR count). The lowest BCUT2D eigenvalue weighted by atomic mass is 10.0. The molecule has 0 aromatic heterocycles. The van der Waals surface area contributed by atoms with Crippen LogP contribution in [0, 0.1) is 6.92 Å². The molecule has 6 nitrogen and oxygen atoms in total. The summed E-state index contributed by atoms with van der Waals surface area (Å²) in [4.78, 5) is 16.2. The van der Waals surface area contributed by atoms with E-state index in [1.165, 1.54) is 26.4 Å². The Bertz CT molecular complexity index is 1230. The van der Waals surface area contributed by atoms with Crippen LogP contribution in [0.1, 0.15) is 11.1 Å². The van der Waals surface area contributed by atoms with Gasteiger partial charge in [0.1, 0.15) is 11.5 Å². The first kappa shape index (κ1) is 24.5. The van der Waals surface area contributed by atoms with E-state index in [0.29, 0.717) is 34.6 Å². The highest BCUT2D eigenvalue weighted by Crippen LogP contribution is 2.51. The molecule has 1 saturated heterocycles. The Morgan fingerprint density at radius 1 is 0.886 bits per heavy atom. The van der Waals surface area contributed by atoms with Crippen LogP contribution in [-0.4, -0.2) is 31.6 Å². The standard InChI is InChI=1S/C25H22F3N3O3S/c1-16-4-6-17(7-5-16)24(25(26,27)28)30-22(32)31(19-10-14-21(34-3)15-11-19)23(35-24)29-18-8-12-20(33-2)13-9-18/h4-15H,1-3H3,(H,30,32)/t24-/m0/s1. The zero-order valence-electron chi connectivity index (χ0n) is 19.1. The maximum absolute atomic E-state index is 14.7. The van der Waals surface area contributed by atoms with E-state index in [0.717, 1.165) is 10.5 Å². The lowest BCUT2D eigenvalue weighted by Crippen LogP contribution is -2.63. The molecule has 1 aliphatic heterocycles. The van der Waals surface area contributed by atoms with Gasteiger partial charge in [-0.15, -0.1) is 0 Å². The van der Waals surface area contributed by atoms with Gasteiger partial charge in [0, 0.05) is 0 Å². The van der Waals surface area contributed by atoms with Crippen LogP contribution in [0.4, 0.5) is 29.3 Å². The first-order valence-corrected chi connectivity index (χ1v) is 11.3. The van der Waals surface area contributed by atoms with Gasteiger partial charge in [0.15, 0.2) is 5.17 Å². The summed E-state index contributed by atoms with van der Waals surface area (Å²) < 4.78 is 54.3. The summed E-state index contributed by atoms with van der Waals surface area (Å²) >= 11 is 0.423. The van der Waals surface area contributed by atoms with Gasteiger partial charge >= 0.3 is 12.2 Å². The molecule has 1 N–H and O–H groups in total. The molecule has 3 aromatic carbocycles. The lowest BCUT2D eigenvalue weighted by Gasteiger charge is -2.43. The molecular formula is C25H22F3N3O3S. The number of aryl methyl sites for hydroxylation is 1. The minimum Gasteiger partial charge on any atom is -0.497 e. The molecule has 0 aliphatic carbocycles. The zero-order chi connectivity index (χ0) is 25.2. The first-order chi connectivity index (χ1) is 16.7. The summed E-state index contributed by atoms with van der Waals surface area (Å²) in [5, 5.41) is 2.07. The molecule has 10 heteroatoms. The Balaban J connectivity index is 1.86. The number of nitrogens with zero attached hydrogens (tertiary/aromatic N) is 2. The average Bonchev–Trinajstić information content (AvgIpc) is 2.84. The normalized spacial score (nSPS) is 19.4. The van der Waals surface area contributed by atoms with E-state index >= 15 is 0 Å². The third kappa shape index (κ3) is 4.79. The van der Waals surface area contributed by atoms with Crippen LogP contribution in [0.15, 0.2) is 77.8 Å². The summed E-state index contributed by atoms with van der Waals surface area (Å²) in [5.74, 6) is 1.11. The number of carbonyl (C=O) groups excluding carboxylic acids is 1. The summed E-state index contributed by atoms with van der Waals surface area (Å²) in [7, 11) is 3.00. The van der Waals surface area contributed by atoms with E-state index in [2.05, 4.69) is 10.3 Å². The number of thioether (sulfide) groups is 1. The quantitative estimate of drug-likeness (QED) is 0.441. The highest BCUT2D eigenvalue weighted by molar-refractivity contribution is 8.15. The number of alkyl halides is 3. The SMILES string of the molecule is COc1ccc(N=C2S[C@@](c3ccc(C)cc3)(C(F)(F)F)NC(=O)N2c2ccc(OC)cc2)cc1. The van der Waals surface area contributed by atoms with Crippen molar-refractivity contribution in [1.82, 2.24) is 5.32 Å². The number of halogens is 3. The van der Waals surface area contributed by atoms with Crippen LogP contribution in [0.3, 0.4) is 0 Å². The Kier molecular flexibility index (Phi) is 6.66. The number of carbonyl (C=O) groups is 1. The second-order valence-corrected chi connectivity index (χ2v) is 8.88. The Hall–Kier alpha value is -3.66. The molecule has 2 amide bonds. The van der Waals surface area contributed by atoms with E-state index in [-0.39, 0.29) is 10.7 Å². The van der Waals surface area contributed by atoms with Crippen LogP contribution < -0.4 is 19.7 Å². The minimum atomic E-state index is -4.82.